The fraction of sp³-hybridized carbons (Fsp3) is 0.600. The minimum absolute atomic E-state index is 0.261. The van der Waals surface area contributed by atoms with Crippen LogP contribution in [0.5, 0.6) is 0 Å². The van der Waals surface area contributed by atoms with Crippen LogP contribution < -0.4 is 5.32 Å². The summed E-state index contributed by atoms with van der Waals surface area (Å²) in [6.45, 7) is 5.84. The maximum absolute atomic E-state index is 6.11. The molecule has 2 aliphatic heterocycles. The van der Waals surface area contributed by atoms with Crippen LogP contribution in [0.2, 0.25) is 0 Å². The number of nitrogens with zero attached hydrogens (tertiary/aromatic N) is 5. The molecule has 9 nitrogen and oxygen atoms in total. The predicted octanol–water partition coefficient (Wildman–Crippen LogP) is 2.99. The Balaban J connectivity index is 1.53. The van der Waals surface area contributed by atoms with Gasteiger partial charge in [0.25, 0.3) is 5.89 Å². The lowest BCUT2D eigenvalue weighted by Crippen LogP contribution is -2.28. The van der Waals surface area contributed by atoms with Crippen LogP contribution in [0.1, 0.15) is 44.4 Å². The fourth-order valence-corrected chi connectivity index (χ4v) is 4.07. The van der Waals surface area contributed by atoms with Gasteiger partial charge < -0.3 is 19.2 Å². The van der Waals surface area contributed by atoms with E-state index < -0.39 is 0 Å². The summed E-state index contributed by atoms with van der Waals surface area (Å²) in [5, 5.41) is 17.9. The molecule has 1 N–H and O–H groups in total. The quantitative estimate of drug-likeness (QED) is 0.700. The number of hydrogen-bond donors (Lipinski definition) is 1. The molecule has 5 rings (SSSR count). The topological polar surface area (TPSA) is 100 Å². The van der Waals surface area contributed by atoms with Gasteiger partial charge in [0, 0.05) is 51.1 Å². The Labute approximate surface area is 168 Å². The van der Waals surface area contributed by atoms with E-state index in [0.717, 1.165) is 80.9 Å². The van der Waals surface area contributed by atoms with Crippen LogP contribution >= 0.6 is 0 Å². The van der Waals surface area contributed by atoms with Crippen molar-refractivity contribution in [3.63, 3.8) is 0 Å². The maximum atomic E-state index is 6.11. The van der Waals surface area contributed by atoms with Gasteiger partial charge in [-0.2, -0.15) is 5.10 Å². The highest BCUT2D eigenvalue weighted by Gasteiger charge is 2.25. The average molecular weight is 398 g/mol. The molecule has 3 aromatic rings. The third-order valence-corrected chi connectivity index (χ3v) is 5.78. The lowest BCUT2D eigenvalue weighted by Gasteiger charge is -2.25. The van der Waals surface area contributed by atoms with Crippen molar-refractivity contribution in [3.05, 3.63) is 18.3 Å². The first-order valence-electron chi connectivity index (χ1n) is 10.4. The van der Waals surface area contributed by atoms with Gasteiger partial charge in [0.2, 0.25) is 5.89 Å². The molecule has 9 heteroatoms. The van der Waals surface area contributed by atoms with Crippen LogP contribution in [-0.4, -0.2) is 57.4 Å². The van der Waals surface area contributed by atoms with Gasteiger partial charge in [-0.1, -0.05) is 0 Å². The molecule has 3 aromatic heterocycles. The first-order chi connectivity index (χ1) is 14.3. The second-order valence-corrected chi connectivity index (χ2v) is 7.61. The Hall–Kier alpha value is -2.52. The highest BCUT2D eigenvalue weighted by molar-refractivity contribution is 5.96. The standard InChI is InChI=1S/C20H26N6O3/c1-2-26-18-15(12-22-26)17(23-14-5-9-28-10-6-14)16(11-21-18)20-25-24-19(29-20)13-3-7-27-8-4-13/h11-14H,2-10H2,1H3,(H,21,23). The summed E-state index contributed by atoms with van der Waals surface area (Å²) in [5.41, 5.74) is 2.64. The molecular weight excluding hydrogens is 372 g/mol. The zero-order valence-corrected chi connectivity index (χ0v) is 16.6. The first-order valence-corrected chi connectivity index (χ1v) is 10.4. The van der Waals surface area contributed by atoms with Crippen molar-refractivity contribution >= 4 is 16.7 Å². The maximum Gasteiger partial charge on any atom is 0.251 e. The van der Waals surface area contributed by atoms with E-state index >= 15 is 0 Å². The van der Waals surface area contributed by atoms with E-state index in [1.165, 1.54) is 0 Å². The second kappa shape index (κ2) is 8.08. The fourth-order valence-electron chi connectivity index (χ4n) is 4.07. The minimum Gasteiger partial charge on any atom is -0.420 e. The Morgan fingerprint density at radius 2 is 1.79 bits per heavy atom. The summed E-state index contributed by atoms with van der Waals surface area (Å²) in [5.74, 6) is 1.45. The summed E-state index contributed by atoms with van der Waals surface area (Å²) >= 11 is 0. The number of aromatic nitrogens is 5. The summed E-state index contributed by atoms with van der Waals surface area (Å²) < 4.78 is 19.0. The first kappa shape index (κ1) is 18.5. The van der Waals surface area contributed by atoms with E-state index in [1.807, 2.05) is 17.1 Å². The molecule has 29 heavy (non-hydrogen) atoms. The van der Waals surface area contributed by atoms with Crippen molar-refractivity contribution in [2.24, 2.45) is 0 Å². The average Bonchev–Trinajstić information content (AvgIpc) is 3.43. The molecule has 0 aliphatic carbocycles. The van der Waals surface area contributed by atoms with Crippen LogP contribution in [0, 0.1) is 0 Å². The molecule has 0 amide bonds. The number of pyridine rings is 1. The van der Waals surface area contributed by atoms with Crippen LogP contribution in [0.4, 0.5) is 5.69 Å². The Kier molecular flexibility index (Phi) is 5.15. The normalized spacial score (nSPS) is 19.1. The van der Waals surface area contributed by atoms with Crippen LogP contribution in [0.25, 0.3) is 22.5 Å². The van der Waals surface area contributed by atoms with Crippen LogP contribution in [0.3, 0.4) is 0 Å². The van der Waals surface area contributed by atoms with Crippen molar-refractivity contribution in [3.8, 4) is 11.5 Å². The summed E-state index contributed by atoms with van der Waals surface area (Å²) in [7, 11) is 0. The molecule has 0 unspecified atom stereocenters. The van der Waals surface area contributed by atoms with Gasteiger partial charge in [-0.3, -0.25) is 0 Å². The second-order valence-electron chi connectivity index (χ2n) is 7.61. The van der Waals surface area contributed by atoms with Crippen molar-refractivity contribution < 1.29 is 13.9 Å². The highest BCUT2D eigenvalue weighted by Crippen LogP contribution is 2.36. The number of fused-ring (bicyclic) bond motifs is 1. The van der Waals surface area contributed by atoms with Crippen molar-refractivity contribution in [2.45, 2.75) is 51.1 Å². The van der Waals surface area contributed by atoms with Crippen molar-refractivity contribution in [1.82, 2.24) is 25.0 Å². The van der Waals surface area contributed by atoms with Crippen LogP contribution in [0.15, 0.2) is 16.8 Å². The molecule has 2 aliphatic rings. The van der Waals surface area contributed by atoms with Gasteiger partial charge in [-0.25, -0.2) is 9.67 Å². The van der Waals surface area contributed by atoms with Gasteiger partial charge in [0.15, 0.2) is 5.65 Å². The van der Waals surface area contributed by atoms with Crippen molar-refractivity contribution in [2.75, 3.05) is 31.7 Å². The molecule has 154 valence electrons. The highest BCUT2D eigenvalue weighted by atomic mass is 16.5. The molecule has 2 saturated heterocycles. The van der Waals surface area contributed by atoms with Gasteiger partial charge in [0.1, 0.15) is 0 Å². The lowest BCUT2D eigenvalue weighted by atomic mass is 10.0. The summed E-state index contributed by atoms with van der Waals surface area (Å²) in [6.07, 6.45) is 7.43. The monoisotopic (exact) mass is 398 g/mol. The largest absolute Gasteiger partial charge is 0.420 e. The molecule has 0 spiro atoms. The SMILES string of the molecule is CCn1ncc2c(NC3CCOCC3)c(-c3nnc(C4CCOCC4)o3)cnc21. The minimum atomic E-state index is 0.261. The van der Waals surface area contributed by atoms with Gasteiger partial charge >= 0.3 is 0 Å². The van der Waals surface area contributed by atoms with Crippen LogP contribution in [-0.2, 0) is 16.0 Å². The third-order valence-electron chi connectivity index (χ3n) is 5.78. The van der Waals surface area contributed by atoms with Gasteiger partial charge in [0.05, 0.1) is 22.8 Å². The van der Waals surface area contributed by atoms with Crippen molar-refractivity contribution in [1.29, 1.82) is 0 Å². The summed E-state index contributed by atoms with van der Waals surface area (Å²) in [4.78, 5) is 4.65. The van der Waals surface area contributed by atoms with Gasteiger partial charge in [-0.05, 0) is 32.6 Å². The summed E-state index contributed by atoms with van der Waals surface area (Å²) in [6, 6.07) is 0.330. The Bertz CT molecular complexity index is 972. The zero-order chi connectivity index (χ0) is 19.6. The number of nitrogens with one attached hydrogen (secondary N) is 1. The third kappa shape index (κ3) is 3.60. The van der Waals surface area contributed by atoms with E-state index in [4.69, 9.17) is 13.9 Å². The number of aryl methyl sites for hydroxylation is 1. The number of ether oxygens (including phenoxy) is 2. The molecule has 0 saturated carbocycles. The number of anilines is 1. The molecule has 2 fully saturated rings. The molecule has 0 radical (unpaired) electrons. The number of rotatable bonds is 5. The smallest absolute Gasteiger partial charge is 0.251 e. The predicted molar refractivity (Wildman–Crippen MR) is 107 cm³/mol. The Morgan fingerprint density at radius 1 is 1.03 bits per heavy atom. The Morgan fingerprint density at radius 3 is 2.55 bits per heavy atom. The van der Waals surface area contributed by atoms with E-state index in [2.05, 4.69) is 32.5 Å². The van der Waals surface area contributed by atoms with E-state index in [-0.39, 0.29) is 5.92 Å². The van der Waals surface area contributed by atoms with E-state index in [9.17, 15) is 0 Å². The zero-order valence-electron chi connectivity index (χ0n) is 16.6. The molecule has 5 heterocycles. The lowest BCUT2D eigenvalue weighted by molar-refractivity contribution is 0.0795. The molecular formula is C20H26N6O3. The molecule has 0 bridgehead atoms. The van der Waals surface area contributed by atoms with E-state index in [0.29, 0.717) is 17.8 Å². The van der Waals surface area contributed by atoms with Gasteiger partial charge in [-0.15, -0.1) is 10.2 Å². The van der Waals surface area contributed by atoms with E-state index in [1.54, 1.807) is 0 Å². The number of hydrogen-bond acceptors (Lipinski definition) is 8. The molecule has 0 aromatic carbocycles. The molecule has 0 atom stereocenters.